The molecule has 3 aromatic heterocycles. The largest absolute Gasteiger partial charge is 0.456 e. The van der Waals surface area contributed by atoms with Crippen molar-refractivity contribution in [3.8, 4) is 17.2 Å². The van der Waals surface area contributed by atoms with E-state index in [1.165, 1.54) is 0 Å². The lowest BCUT2D eigenvalue weighted by molar-refractivity contribution is 0.0949. The first-order valence-corrected chi connectivity index (χ1v) is 10.7. The van der Waals surface area contributed by atoms with E-state index < -0.39 is 17.8 Å². The average Bonchev–Trinajstić information content (AvgIpc) is 3.38. The Morgan fingerprint density at radius 2 is 1.83 bits per heavy atom. The predicted molar refractivity (Wildman–Crippen MR) is 125 cm³/mol. The third-order valence-electron chi connectivity index (χ3n) is 5.48. The van der Waals surface area contributed by atoms with Crippen LogP contribution in [0, 0.1) is 18.8 Å². The van der Waals surface area contributed by atoms with Crippen molar-refractivity contribution in [2.45, 2.75) is 13.5 Å². The summed E-state index contributed by atoms with van der Waals surface area (Å²) in [5.74, 6) is -1.19. The van der Waals surface area contributed by atoms with Crippen LogP contribution in [-0.4, -0.2) is 25.7 Å². The van der Waals surface area contributed by atoms with Crippen molar-refractivity contribution >= 4 is 16.8 Å². The highest BCUT2D eigenvalue weighted by Gasteiger charge is 2.15. The number of aromatic nitrogens is 4. The maximum atomic E-state index is 13.3. The Labute approximate surface area is 199 Å². The van der Waals surface area contributed by atoms with Crippen molar-refractivity contribution < 1.29 is 18.3 Å². The lowest BCUT2D eigenvalue weighted by Gasteiger charge is -2.14. The summed E-state index contributed by atoms with van der Waals surface area (Å²) in [6, 6.07) is 16.6. The van der Waals surface area contributed by atoms with Crippen LogP contribution in [0.5, 0.6) is 11.5 Å². The van der Waals surface area contributed by atoms with Crippen molar-refractivity contribution in [1.29, 1.82) is 0 Å². The Hall–Kier alpha value is -4.66. The Morgan fingerprint density at radius 1 is 1.00 bits per heavy atom. The number of carbonyl (C=O) groups excluding carboxylic acids is 1. The number of ether oxygens (including phenoxy) is 1. The second kappa shape index (κ2) is 9.30. The molecule has 7 nitrogen and oxygen atoms in total. The Kier molecular flexibility index (Phi) is 5.88. The van der Waals surface area contributed by atoms with E-state index in [0.29, 0.717) is 22.6 Å². The smallest absolute Gasteiger partial charge is 0.251 e. The fourth-order valence-electron chi connectivity index (χ4n) is 3.75. The number of benzene rings is 2. The summed E-state index contributed by atoms with van der Waals surface area (Å²) in [5.41, 5.74) is 2.88. The second-order valence-electron chi connectivity index (χ2n) is 7.80. The molecule has 5 rings (SSSR count). The molecule has 174 valence electrons. The maximum Gasteiger partial charge on any atom is 0.251 e. The topological polar surface area (TPSA) is 81.9 Å². The quantitative estimate of drug-likeness (QED) is 0.348. The molecule has 0 aliphatic rings. The summed E-state index contributed by atoms with van der Waals surface area (Å²) in [6.45, 7) is 1.72. The van der Waals surface area contributed by atoms with Crippen LogP contribution >= 0.6 is 0 Å². The van der Waals surface area contributed by atoms with Gasteiger partial charge in [-0.3, -0.25) is 9.78 Å². The molecule has 0 bridgehead atoms. The molecule has 0 spiro atoms. The normalized spacial score (nSPS) is 10.9. The monoisotopic (exact) mass is 471 g/mol. The Bertz CT molecular complexity index is 1520. The van der Waals surface area contributed by atoms with Gasteiger partial charge in [-0.1, -0.05) is 6.07 Å². The first-order chi connectivity index (χ1) is 17.0. The molecule has 0 unspecified atom stereocenters. The lowest BCUT2D eigenvalue weighted by atomic mass is 10.1. The summed E-state index contributed by atoms with van der Waals surface area (Å²) in [6.07, 6.45) is 5.21. The first kappa shape index (κ1) is 22.1. The zero-order chi connectivity index (χ0) is 24.4. The molecular formula is C26H19F2N5O2. The highest BCUT2D eigenvalue weighted by Crippen LogP contribution is 2.32. The standard InChI is InChI=1S/C26H19F2N5O2/c1-16-19(26(34)30-15-17-12-24(27)32-25(28)13-17)4-2-5-22(16)35-23-8-10-29-21-14-18(6-7-20(21)23)33-11-3-9-31-33/h2-14H,15H2,1H3,(H,30,34). The maximum absolute atomic E-state index is 13.3. The van der Waals surface area contributed by atoms with Crippen molar-refractivity contribution in [1.82, 2.24) is 25.1 Å². The van der Waals surface area contributed by atoms with Gasteiger partial charge in [0.2, 0.25) is 11.9 Å². The highest BCUT2D eigenvalue weighted by atomic mass is 19.1. The molecule has 1 N–H and O–H groups in total. The molecular weight excluding hydrogens is 452 g/mol. The highest BCUT2D eigenvalue weighted by molar-refractivity contribution is 5.96. The van der Waals surface area contributed by atoms with E-state index in [2.05, 4.69) is 20.4 Å². The van der Waals surface area contributed by atoms with E-state index in [1.54, 1.807) is 48.3 Å². The van der Waals surface area contributed by atoms with E-state index in [0.717, 1.165) is 28.7 Å². The average molecular weight is 471 g/mol. The van der Waals surface area contributed by atoms with Crippen molar-refractivity contribution in [3.05, 3.63) is 108 Å². The third-order valence-corrected chi connectivity index (χ3v) is 5.48. The van der Waals surface area contributed by atoms with Gasteiger partial charge in [-0.25, -0.2) is 4.68 Å². The van der Waals surface area contributed by atoms with Crippen LogP contribution in [0.25, 0.3) is 16.6 Å². The molecule has 1 amide bonds. The molecule has 5 aromatic rings. The van der Waals surface area contributed by atoms with Crippen LogP contribution in [0.2, 0.25) is 0 Å². The molecule has 35 heavy (non-hydrogen) atoms. The molecule has 0 aliphatic carbocycles. The Balaban J connectivity index is 1.38. The van der Waals surface area contributed by atoms with E-state index >= 15 is 0 Å². The van der Waals surface area contributed by atoms with Gasteiger partial charge >= 0.3 is 0 Å². The minimum absolute atomic E-state index is 0.0483. The SMILES string of the molecule is Cc1c(Oc2ccnc3cc(-n4cccn4)ccc23)cccc1C(=O)NCc1cc(F)nc(F)c1. The number of pyridine rings is 2. The van der Waals surface area contributed by atoms with Gasteiger partial charge in [-0.2, -0.15) is 18.9 Å². The van der Waals surface area contributed by atoms with Gasteiger partial charge in [-0.05, 0) is 67.1 Å². The van der Waals surface area contributed by atoms with Crippen LogP contribution in [0.3, 0.4) is 0 Å². The number of hydrogen-bond donors (Lipinski definition) is 1. The number of fused-ring (bicyclic) bond motifs is 1. The summed E-state index contributed by atoms with van der Waals surface area (Å²) in [4.78, 5) is 20.3. The molecule has 0 fully saturated rings. The molecule has 0 aliphatic heterocycles. The number of nitrogens with one attached hydrogen (secondary N) is 1. The van der Waals surface area contributed by atoms with Gasteiger partial charge in [-0.15, -0.1) is 0 Å². The summed E-state index contributed by atoms with van der Waals surface area (Å²) in [5, 5.41) is 7.73. The van der Waals surface area contributed by atoms with Crippen molar-refractivity contribution in [3.63, 3.8) is 0 Å². The number of amides is 1. The van der Waals surface area contributed by atoms with Crippen LogP contribution in [-0.2, 0) is 6.54 Å². The minimum Gasteiger partial charge on any atom is -0.456 e. The molecule has 0 radical (unpaired) electrons. The van der Waals surface area contributed by atoms with Crippen LogP contribution in [0.15, 0.2) is 79.3 Å². The van der Waals surface area contributed by atoms with Crippen LogP contribution in [0.1, 0.15) is 21.5 Å². The molecule has 0 saturated heterocycles. The number of halogens is 2. The van der Waals surface area contributed by atoms with E-state index in [-0.39, 0.29) is 12.1 Å². The number of nitrogens with zero attached hydrogens (tertiary/aromatic N) is 4. The third kappa shape index (κ3) is 4.70. The van der Waals surface area contributed by atoms with Crippen LogP contribution in [0.4, 0.5) is 8.78 Å². The minimum atomic E-state index is -0.942. The summed E-state index contributed by atoms with van der Waals surface area (Å²) in [7, 11) is 0. The zero-order valence-electron chi connectivity index (χ0n) is 18.6. The van der Waals surface area contributed by atoms with Crippen molar-refractivity contribution in [2.24, 2.45) is 0 Å². The molecule has 0 atom stereocenters. The Morgan fingerprint density at radius 3 is 2.60 bits per heavy atom. The number of hydrogen-bond acceptors (Lipinski definition) is 5. The zero-order valence-corrected chi connectivity index (χ0v) is 18.6. The summed E-state index contributed by atoms with van der Waals surface area (Å²) < 4.78 is 34.6. The van der Waals surface area contributed by atoms with Gasteiger partial charge in [0.15, 0.2) is 0 Å². The van der Waals surface area contributed by atoms with Gasteiger partial charge in [0.1, 0.15) is 11.5 Å². The van der Waals surface area contributed by atoms with E-state index in [9.17, 15) is 13.6 Å². The fourth-order valence-corrected chi connectivity index (χ4v) is 3.75. The fraction of sp³-hybridized carbons (Fsp3) is 0.0769. The van der Waals surface area contributed by atoms with Gasteiger partial charge in [0, 0.05) is 41.6 Å². The van der Waals surface area contributed by atoms with Gasteiger partial charge < -0.3 is 10.1 Å². The summed E-state index contributed by atoms with van der Waals surface area (Å²) >= 11 is 0. The van der Waals surface area contributed by atoms with Gasteiger partial charge in [0.25, 0.3) is 5.91 Å². The van der Waals surface area contributed by atoms with E-state index in [1.807, 2.05) is 30.5 Å². The van der Waals surface area contributed by atoms with Gasteiger partial charge in [0.05, 0.1) is 11.2 Å². The molecule has 9 heteroatoms. The number of carbonyl (C=O) groups is 1. The van der Waals surface area contributed by atoms with E-state index in [4.69, 9.17) is 4.74 Å². The first-order valence-electron chi connectivity index (χ1n) is 10.7. The molecule has 2 aromatic carbocycles. The molecule has 0 saturated carbocycles. The lowest BCUT2D eigenvalue weighted by Crippen LogP contribution is -2.24. The number of rotatable bonds is 6. The van der Waals surface area contributed by atoms with Crippen molar-refractivity contribution in [2.75, 3.05) is 0 Å². The van der Waals surface area contributed by atoms with Crippen LogP contribution < -0.4 is 10.1 Å². The predicted octanol–water partition coefficient (Wildman–Crippen LogP) is 5.12. The second-order valence-corrected chi connectivity index (χ2v) is 7.80. The molecule has 3 heterocycles.